The maximum absolute atomic E-state index is 8.99. The Bertz CT molecular complexity index is 1510. The molecule has 5 aromatic rings. The van der Waals surface area contributed by atoms with E-state index >= 15 is 0 Å². The van der Waals surface area contributed by atoms with Gasteiger partial charge >= 0.3 is 0 Å². The van der Waals surface area contributed by atoms with Gasteiger partial charge in [0.05, 0.1) is 40.6 Å². The molecule has 0 saturated heterocycles. The normalized spacial score (nSPS) is 10.9. The van der Waals surface area contributed by atoms with Crippen molar-refractivity contribution in [2.45, 2.75) is 17.3 Å². The number of rotatable bonds is 7. The minimum absolute atomic E-state index is 0.430. The summed E-state index contributed by atoms with van der Waals surface area (Å²) >= 11 is 14.4. The van der Waals surface area contributed by atoms with Crippen LogP contribution in [0.4, 0.5) is 0 Å². The number of hydrogen-bond acceptors (Lipinski definition) is 6. The molecule has 0 spiro atoms. The summed E-state index contributed by atoms with van der Waals surface area (Å²) in [7, 11) is 0. The average Bonchev–Trinajstić information content (AvgIpc) is 3.52. The van der Waals surface area contributed by atoms with Crippen molar-refractivity contribution in [1.29, 1.82) is 5.26 Å². The highest BCUT2D eigenvalue weighted by Crippen LogP contribution is 2.35. The van der Waals surface area contributed by atoms with Gasteiger partial charge in [-0.05, 0) is 46.7 Å². The van der Waals surface area contributed by atoms with Gasteiger partial charge in [0.25, 0.3) is 0 Å². The predicted octanol–water partition coefficient (Wildman–Crippen LogP) is 6.04. The number of hydrogen-bond donors (Lipinski definition) is 0. The molecule has 35 heavy (non-hydrogen) atoms. The fourth-order valence-corrected chi connectivity index (χ4v) is 4.87. The van der Waals surface area contributed by atoms with Gasteiger partial charge in [0.15, 0.2) is 0 Å². The van der Waals surface area contributed by atoms with Gasteiger partial charge in [-0.25, -0.2) is 4.68 Å². The molecule has 0 N–H and O–H groups in total. The highest BCUT2D eigenvalue weighted by molar-refractivity contribution is 7.98. The molecular formula is C25H17Cl2N7S. The summed E-state index contributed by atoms with van der Waals surface area (Å²) in [5.41, 5.74) is 4.16. The number of nitriles is 1. The Labute approximate surface area is 215 Å². The summed E-state index contributed by atoms with van der Waals surface area (Å²) in [6, 6.07) is 24.8. The topological polar surface area (TPSA) is 85.2 Å². The van der Waals surface area contributed by atoms with Crippen molar-refractivity contribution in [3.8, 4) is 23.1 Å². The molecule has 7 nitrogen and oxygen atoms in total. The Hall–Kier alpha value is -3.64. The van der Waals surface area contributed by atoms with Gasteiger partial charge in [-0.15, -0.1) is 22.0 Å². The van der Waals surface area contributed by atoms with E-state index in [2.05, 4.69) is 38.7 Å². The molecule has 0 saturated carbocycles. The second kappa shape index (κ2) is 10.3. The molecule has 0 aliphatic rings. The first-order valence-electron chi connectivity index (χ1n) is 10.6. The maximum Gasteiger partial charge on any atom is 0.209 e. The molecule has 2 aromatic heterocycles. The summed E-state index contributed by atoms with van der Waals surface area (Å²) < 4.78 is 1.76. The first kappa shape index (κ1) is 23.1. The molecule has 0 bridgehead atoms. The number of tetrazole rings is 1. The van der Waals surface area contributed by atoms with E-state index in [1.54, 1.807) is 53.0 Å². The van der Waals surface area contributed by atoms with Crippen LogP contribution in [-0.4, -0.2) is 30.0 Å². The van der Waals surface area contributed by atoms with Crippen LogP contribution >= 0.6 is 35.0 Å². The van der Waals surface area contributed by atoms with Crippen LogP contribution in [0.5, 0.6) is 0 Å². The lowest BCUT2D eigenvalue weighted by molar-refractivity contribution is 0.573. The molecule has 0 unspecified atom stereocenters. The fraction of sp³-hybridized carbons (Fsp3) is 0.0800. The molecule has 0 amide bonds. The van der Waals surface area contributed by atoms with E-state index in [-0.39, 0.29) is 0 Å². The number of aromatic nitrogens is 6. The van der Waals surface area contributed by atoms with Crippen LogP contribution in [0.3, 0.4) is 0 Å². The van der Waals surface area contributed by atoms with Gasteiger partial charge in [0.1, 0.15) is 5.03 Å². The van der Waals surface area contributed by atoms with Crippen molar-refractivity contribution >= 4 is 35.0 Å². The SMILES string of the molecule is N#Cc1ccc(Cn2nnc(-c3cnn(-c4cc(Cl)ccc4Cl)c3SCc3ccccc3)n2)cc1. The number of benzene rings is 3. The second-order valence-electron chi connectivity index (χ2n) is 7.60. The van der Waals surface area contributed by atoms with Gasteiger partial charge in [0, 0.05) is 10.8 Å². The molecule has 10 heteroatoms. The summed E-state index contributed by atoms with van der Waals surface area (Å²) in [5.74, 6) is 1.18. The smallest absolute Gasteiger partial charge is 0.209 e. The van der Waals surface area contributed by atoms with E-state index in [1.165, 1.54) is 10.4 Å². The molecular weight excluding hydrogens is 501 g/mol. The Kier molecular flexibility index (Phi) is 6.82. The van der Waals surface area contributed by atoms with Crippen LogP contribution in [-0.2, 0) is 12.3 Å². The van der Waals surface area contributed by atoms with E-state index in [9.17, 15) is 0 Å². The van der Waals surface area contributed by atoms with Crippen LogP contribution in [0, 0.1) is 11.3 Å². The maximum atomic E-state index is 8.99. The standard InChI is InChI=1S/C25H17Cl2N7S/c26-20-10-11-22(27)23(12-20)34-25(35-16-19-4-2-1-3-5-19)21(14-29-34)24-30-32-33(31-24)15-18-8-6-17(13-28)7-9-18/h1-12,14H,15-16H2. The van der Waals surface area contributed by atoms with E-state index in [4.69, 9.17) is 28.5 Å². The molecule has 3 aromatic carbocycles. The Balaban J connectivity index is 1.49. The number of halogens is 2. The van der Waals surface area contributed by atoms with Crippen molar-refractivity contribution in [3.63, 3.8) is 0 Å². The molecule has 0 radical (unpaired) electrons. The van der Waals surface area contributed by atoms with E-state index in [0.717, 1.165) is 21.9 Å². The van der Waals surface area contributed by atoms with Gasteiger partial charge in [-0.3, -0.25) is 0 Å². The van der Waals surface area contributed by atoms with E-state index in [0.29, 0.717) is 33.7 Å². The first-order chi connectivity index (χ1) is 17.1. The minimum atomic E-state index is 0.430. The van der Waals surface area contributed by atoms with Gasteiger partial charge in [0.2, 0.25) is 5.82 Å². The minimum Gasteiger partial charge on any atom is -0.225 e. The largest absolute Gasteiger partial charge is 0.225 e. The third-order valence-corrected chi connectivity index (χ3v) is 6.88. The second-order valence-corrected chi connectivity index (χ2v) is 9.41. The van der Waals surface area contributed by atoms with Gasteiger partial charge in [-0.2, -0.15) is 15.2 Å². The van der Waals surface area contributed by atoms with Crippen LogP contribution in [0.25, 0.3) is 17.1 Å². The monoisotopic (exact) mass is 517 g/mol. The fourth-order valence-electron chi connectivity index (χ4n) is 3.44. The third-order valence-electron chi connectivity index (χ3n) is 5.18. The van der Waals surface area contributed by atoms with Crippen molar-refractivity contribution in [1.82, 2.24) is 30.0 Å². The average molecular weight is 518 g/mol. The zero-order valence-electron chi connectivity index (χ0n) is 18.2. The molecule has 0 atom stereocenters. The number of nitrogens with zero attached hydrogens (tertiary/aromatic N) is 7. The summed E-state index contributed by atoms with van der Waals surface area (Å²) in [6.07, 6.45) is 1.72. The van der Waals surface area contributed by atoms with Crippen LogP contribution in [0.1, 0.15) is 16.7 Å². The lowest BCUT2D eigenvalue weighted by Crippen LogP contribution is -2.04. The van der Waals surface area contributed by atoms with E-state index in [1.807, 2.05) is 30.3 Å². The molecule has 172 valence electrons. The van der Waals surface area contributed by atoms with Crippen LogP contribution < -0.4 is 0 Å². The molecule has 0 aliphatic carbocycles. The quantitative estimate of drug-likeness (QED) is 0.244. The first-order valence-corrected chi connectivity index (χ1v) is 12.3. The zero-order chi connectivity index (χ0) is 24.2. The van der Waals surface area contributed by atoms with E-state index < -0.39 is 0 Å². The number of thioether (sulfide) groups is 1. The highest BCUT2D eigenvalue weighted by Gasteiger charge is 2.20. The summed E-state index contributed by atoms with van der Waals surface area (Å²) in [6.45, 7) is 0.430. The summed E-state index contributed by atoms with van der Waals surface area (Å²) in [4.78, 5) is 1.52. The Morgan fingerprint density at radius 3 is 2.51 bits per heavy atom. The van der Waals surface area contributed by atoms with Crippen LogP contribution in [0.2, 0.25) is 10.0 Å². The lowest BCUT2D eigenvalue weighted by atomic mass is 10.1. The Morgan fingerprint density at radius 2 is 1.74 bits per heavy atom. The molecule has 0 aliphatic heterocycles. The van der Waals surface area contributed by atoms with Gasteiger partial charge in [-0.1, -0.05) is 65.7 Å². The van der Waals surface area contributed by atoms with Crippen molar-refractivity contribution in [2.75, 3.05) is 0 Å². The molecule has 5 rings (SSSR count). The van der Waals surface area contributed by atoms with Crippen molar-refractivity contribution in [3.05, 3.63) is 106 Å². The predicted molar refractivity (Wildman–Crippen MR) is 137 cm³/mol. The molecule has 0 fully saturated rings. The molecule has 2 heterocycles. The van der Waals surface area contributed by atoms with Crippen LogP contribution in [0.15, 0.2) is 84.0 Å². The highest BCUT2D eigenvalue weighted by atomic mass is 35.5. The third kappa shape index (κ3) is 5.23. The summed E-state index contributed by atoms with van der Waals surface area (Å²) in [5, 5.41) is 28.6. The Morgan fingerprint density at radius 1 is 0.943 bits per heavy atom. The lowest BCUT2D eigenvalue weighted by Gasteiger charge is -2.10. The van der Waals surface area contributed by atoms with Crippen molar-refractivity contribution in [2.24, 2.45) is 0 Å². The van der Waals surface area contributed by atoms with Crippen molar-refractivity contribution < 1.29 is 0 Å². The van der Waals surface area contributed by atoms with Gasteiger partial charge < -0.3 is 0 Å². The zero-order valence-corrected chi connectivity index (χ0v) is 20.5.